The van der Waals surface area contributed by atoms with Crippen molar-refractivity contribution in [2.75, 3.05) is 13.1 Å². The minimum absolute atomic E-state index is 0.226. The van der Waals surface area contributed by atoms with Crippen LogP contribution in [0.5, 0.6) is 0 Å². The molecule has 5 atom stereocenters. The molecule has 0 saturated heterocycles. The molecule has 20 heteroatoms. The predicted molar refractivity (Wildman–Crippen MR) is 181 cm³/mol. The molecule has 270 valence electrons. The molecule has 0 spiro atoms. The average molecular weight is 768 g/mol. The number of rotatable bonds is 16. The van der Waals surface area contributed by atoms with E-state index in [2.05, 4.69) is 32.0 Å². The Kier molecular flexibility index (Phi) is 15.1. The number of hydrogen-bond acceptors (Lipinski definition) is 9. The Labute approximate surface area is 302 Å². The molecule has 8 amide bonds. The van der Waals surface area contributed by atoms with Gasteiger partial charge in [0.05, 0.1) is 44.3 Å². The van der Waals surface area contributed by atoms with Crippen molar-refractivity contribution in [3.05, 3.63) is 31.2 Å². The molecule has 1 aromatic carbocycles. The molecule has 0 saturated carbocycles. The first-order chi connectivity index (χ1) is 22.7. The first-order valence-corrected chi connectivity index (χ1v) is 16.5. The third kappa shape index (κ3) is 10.2. The van der Waals surface area contributed by atoms with Crippen molar-refractivity contribution in [2.24, 2.45) is 17.6 Å². The van der Waals surface area contributed by atoms with E-state index in [9.17, 15) is 38.4 Å². The molecule has 8 N–H and O–H groups in total. The molecule has 1 aliphatic rings. The molecule has 0 aromatic heterocycles. The van der Waals surface area contributed by atoms with Gasteiger partial charge in [0.25, 0.3) is 11.8 Å². The molecule has 16 nitrogen and oxygen atoms in total. The van der Waals surface area contributed by atoms with Crippen LogP contribution in [-0.2, 0) is 28.8 Å². The number of nitrogens with two attached hydrogens (primary N) is 1. The van der Waals surface area contributed by atoms with Crippen LogP contribution < -0.4 is 37.7 Å². The van der Waals surface area contributed by atoms with Crippen LogP contribution in [0.4, 0.5) is 0 Å². The Balaban J connectivity index is 2.01. The van der Waals surface area contributed by atoms with Crippen LogP contribution in [0, 0.1) is 11.8 Å². The Bertz CT molecular complexity index is 1490. The summed E-state index contributed by atoms with van der Waals surface area (Å²) in [5.74, 6) is -7.06. The molecule has 0 radical (unpaired) electrons. The number of imide groups is 1. The highest BCUT2D eigenvalue weighted by atomic mass is 35.5. The number of nitrogens with one attached hydrogen (secondary N) is 6. The number of benzene rings is 1. The maximum absolute atomic E-state index is 13.1. The first kappa shape index (κ1) is 41.5. The van der Waals surface area contributed by atoms with Gasteiger partial charge in [0.1, 0.15) is 24.2 Å². The molecule has 0 unspecified atom stereocenters. The Morgan fingerprint density at radius 2 is 1.10 bits per heavy atom. The summed E-state index contributed by atoms with van der Waals surface area (Å²) in [6, 6.07) is -4.43. The van der Waals surface area contributed by atoms with E-state index < -0.39 is 90.4 Å². The molecule has 0 aliphatic carbocycles. The van der Waals surface area contributed by atoms with Crippen LogP contribution in [0.2, 0.25) is 20.1 Å². The molecule has 0 bridgehead atoms. The normalized spacial score (nSPS) is 15.4. The highest BCUT2D eigenvalue weighted by Crippen LogP contribution is 2.44. The van der Waals surface area contributed by atoms with Gasteiger partial charge in [-0.05, 0) is 25.7 Å². The largest absolute Gasteiger partial charge is 0.368 e. The van der Waals surface area contributed by atoms with Gasteiger partial charge in [-0.3, -0.25) is 38.4 Å². The summed E-state index contributed by atoms with van der Waals surface area (Å²) < 4.78 is 0. The maximum Gasteiger partial charge on any atom is 0.277 e. The zero-order valence-electron chi connectivity index (χ0n) is 27.4. The van der Waals surface area contributed by atoms with Crippen molar-refractivity contribution in [1.82, 2.24) is 37.0 Å². The zero-order chi connectivity index (χ0) is 37.5. The second kappa shape index (κ2) is 17.8. The van der Waals surface area contributed by atoms with Gasteiger partial charge in [0.15, 0.2) is 0 Å². The van der Waals surface area contributed by atoms with Crippen molar-refractivity contribution in [2.45, 2.75) is 72.1 Å². The summed E-state index contributed by atoms with van der Waals surface area (Å²) in [7, 11) is 0. The predicted octanol–water partition coefficient (Wildman–Crippen LogP) is 0.683. The number of carbonyl (C=O) groups is 8. The van der Waals surface area contributed by atoms with Gasteiger partial charge in [-0.1, -0.05) is 80.5 Å². The number of primary amides is 1. The Morgan fingerprint density at radius 3 is 1.53 bits per heavy atom. The fraction of sp³-hybridized carbons (Fsp3) is 0.517. The highest BCUT2D eigenvalue weighted by Gasteiger charge is 2.43. The van der Waals surface area contributed by atoms with E-state index in [0.29, 0.717) is 11.4 Å². The van der Waals surface area contributed by atoms with Crippen LogP contribution in [0.15, 0.2) is 0 Å². The minimum Gasteiger partial charge on any atom is -0.368 e. The second-order valence-electron chi connectivity index (χ2n) is 11.6. The summed E-state index contributed by atoms with van der Waals surface area (Å²) in [5, 5.41) is 11.7. The van der Waals surface area contributed by atoms with Gasteiger partial charge in [-0.2, -0.15) is 0 Å². The number of fused-ring (bicyclic) bond motifs is 1. The lowest BCUT2D eigenvalue weighted by molar-refractivity contribution is -0.133. The minimum atomic E-state index is -1.25. The standard InChI is InChI=1S/C29H38Cl4N8O8/c1-7-11(4)23(27(47)36-8-14(42)37-12(5)24(34)44)38-15(43)9-35-26(46)22(10(2)3)39-25(45)13(6)40-41-28(48)16-17(29(41)49)19(31)21(33)20(32)18(16)30/h10-13,22-23,40H,7-9H2,1-6H3,(H2,34,44)(H,35,46)(H,36,47)(H,37,42)(H,38,43)(H,39,45)/t11-,12-,13-,22-,23-/m0/s1. The fourth-order valence-corrected chi connectivity index (χ4v) is 5.39. The second-order valence-corrected chi connectivity index (χ2v) is 13.1. The topological polar surface area (TPSA) is 238 Å². The third-order valence-corrected chi connectivity index (χ3v) is 9.33. The van der Waals surface area contributed by atoms with E-state index >= 15 is 0 Å². The molecular formula is C29H38Cl4N8O8. The van der Waals surface area contributed by atoms with E-state index in [1.165, 1.54) is 13.8 Å². The molecule has 1 heterocycles. The molecule has 1 aliphatic heterocycles. The third-order valence-electron chi connectivity index (χ3n) is 7.53. The van der Waals surface area contributed by atoms with Crippen LogP contribution in [-0.4, -0.2) is 89.5 Å². The van der Waals surface area contributed by atoms with Crippen LogP contribution >= 0.6 is 46.4 Å². The highest BCUT2D eigenvalue weighted by molar-refractivity contribution is 6.55. The van der Waals surface area contributed by atoms with Crippen molar-refractivity contribution >= 4 is 93.7 Å². The number of hydrazine groups is 1. The lowest BCUT2D eigenvalue weighted by Crippen LogP contribution is -2.58. The summed E-state index contributed by atoms with van der Waals surface area (Å²) in [6.07, 6.45) is 0.478. The number of halogens is 4. The fourth-order valence-electron chi connectivity index (χ4n) is 4.38. The molecular weight excluding hydrogens is 730 g/mol. The van der Waals surface area contributed by atoms with E-state index in [1.54, 1.807) is 27.7 Å². The smallest absolute Gasteiger partial charge is 0.277 e. The van der Waals surface area contributed by atoms with Gasteiger partial charge < -0.3 is 32.3 Å². The monoisotopic (exact) mass is 766 g/mol. The number of nitrogens with zero attached hydrogens (tertiary/aromatic N) is 1. The van der Waals surface area contributed by atoms with Crippen molar-refractivity contribution in [3.8, 4) is 0 Å². The Morgan fingerprint density at radius 1 is 0.653 bits per heavy atom. The average Bonchev–Trinajstić information content (AvgIpc) is 3.29. The summed E-state index contributed by atoms with van der Waals surface area (Å²) in [6.45, 7) is 8.42. The molecule has 1 aromatic rings. The lowest BCUT2D eigenvalue weighted by Gasteiger charge is -2.26. The van der Waals surface area contributed by atoms with Gasteiger partial charge >= 0.3 is 0 Å². The molecule has 0 fully saturated rings. The molecule has 49 heavy (non-hydrogen) atoms. The van der Waals surface area contributed by atoms with E-state index in [4.69, 9.17) is 52.1 Å². The Hall–Kier alpha value is -3.70. The van der Waals surface area contributed by atoms with Crippen LogP contribution in [0.3, 0.4) is 0 Å². The van der Waals surface area contributed by atoms with Gasteiger partial charge in [-0.15, -0.1) is 0 Å². The first-order valence-electron chi connectivity index (χ1n) is 15.0. The number of amides is 8. The van der Waals surface area contributed by atoms with E-state index in [0.717, 1.165) is 0 Å². The SMILES string of the molecule is CC[C@H](C)[C@H](NC(=O)CNC(=O)[C@@H](NC(=O)[C@H](C)NN1C(=O)c2c(Cl)c(Cl)c(Cl)c(Cl)c2C1=O)C(C)C)C(=O)NCC(=O)N[C@@H](C)C(N)=O. The maximum atomic E-state index is 13.1. The van der Waals surface area contributed by atoms with Crippen LogP contribution in [0.1, 0.15) is 68.7 Å². The number of carbonyl (C=O) groups excluding carboxylic acids is 8. The van der Waals surface area contributed by atoms with Gasteiger partial charge in [0, 0.05) is 0 Å². The van der Waals surface area contributed by atoms with Crippen molar-refractivity contribution < 1.29 is 38.4 Å². The zero-order valence-corrected chi connectivity index (χ0v) is 30.4. The summed E-state index contributed by atoms with van der Waals surface area (Å²) >= 11 is 24.3. The number of hydrogen-bond donors (Lipinski definition) is 7. The lowest BCUT2D eigenvalue weighted by atomic mass is 9.98. The van der Waals surface area contributed by atoms with Crippen molar-refractivity contribution in [1.29, 1.82) is 0 Å². The summed E-state index contributed by atoms with van der Waals surface area (Å²) in [5.41, 5.74) is 6.99. The molecule has 2 rings (SSSR count). The van der Waals surface area contributed by atoms with Gasteiger partial charge in [-0.25, -0.2) is 10.4 Å². The van der Waals surface area contributed by atoms with Crippen LogP contribution in [0.25, 0.3) is 0 Å². The summed E-state index contributed by atoms with van der Waals surface area (Å²) in [4.78, 5) is 101. The van der Waals surface area contributed by atoms with E-state index in [-0.39, 0.29) is 37.1 Å². The quantitative estimate of drug-likeness (QED) is 0.0711. The van der Waals surface area contributed by atoms with Gasteiger partial charge in [0.2, 0.25) is 35.4 Å². The van der Waals surface area contributed by atoms with Crippen molar-refractivity contribution in [3.63, 3.8) is 0 Å². The van der Waals surface area contributed by atoms with E-state index in [1.807, 2.05) is 0 Å².